The highest BCUT2D eigenvalue weighted by atomic mass is 35.5. The first kappa shape index (κ1) is 16.7. The molecule has 0 spiro atoms. The molecule has 4 heteroatoms. The minimum Gasteiger partial charge on any atom is -0.289 e. The molecule has 0 N–H and O–H groups in total. The van der Waals surface area contributed by atoms with E-state index in [-0.39, 0.29) is 10.8 Å². The van der Waals surface area contributed by atoms with Crippen LogP contribution in [0.2, 0.25) is 5.02 Å². The first-order chi connectivity index (χ1) is 11.6. The van der Waals surface area contributed by atoms with E-state index in [1.54, 1.807) is 23.9 Å². The van der Waals surface area contributed by atoms with E-state index in [2.05, 4.69) is 12.1 Å². The van der Waals surface area contributed by atoms with Crippen LogP contribution in [0.25, 0.3) is 0 Å². The SMILES string of the molecule is O=C(c1ccc(SCc2ccccc2)cc1)c1ccc(F)c(Cl)c1. The average Bonchev–Trinajstić information content (AvgIpc) is 2.63. The van der Waals surface area contributed by atoms with Crippen molar-refractivity contribution >= 4 is 29.1 Å². The van der Waals surface area contributed by atoms with Gasteiger partial charge in [0.2, 0.25) is 0 Å². The minimum atomic E-state index is -0.527. The van der Waals surface area contributed by atoms with Crippen molar-refractivity contribution in [3.63, 3.8) is 0 Å². The van der Waals surface area contributed by atoms with E-state index in [0.717, 1.165) is 10.6 Å². The van der Waals surface area contributed by atoms with E-state index >= 15 is 0 Å². The lowest BCUT2D eigenvalue weighted by Gasteiger charge is -2.05. The Morgan fingerprint density at radius 2 is 1.58 bits per heavy atom. The summed E-state index contributed by atoms with van der Waals surface area (Å²) in [5.74, 6) is 0.180. The van der Waals surface area contributed by atoms with Gasteiger partial charge in [-0.15, -0.1) is 11.8 Å². The van der Waals surface area contributed by atoms with Crippen molar-refractivity contribution in [1.29, 1.82) is 0 Å². The maximum absolute atomic E-state index is 13.2. The first-order valence-corrected chi connectivity index (χ1v) is 8.76. The lowest BCUT2D eigenvalue weighted by atomic mass is 10.0. The fraction of sp³-hybridized carbons (Fsp3) is 0.0500. The molecule has 24 heavy (non-hydrogen) atoms. The Labute approximate surface area is 149 Å². The van der Waals surface area contributed by atoms with E-state index in [4.69, 9.17) is 11.6 Å². The summed E-state index contributed by atoms with van der Waals surface area (Å²) in [5.41, 5.74) is 2.19. The molecule has 0 bridgehead atoms. The van der Waals surface area contributed by atoms with E-state index in [9.17, 15) is 9.18 Å². The van der Waals surface area contributed by atoms with Crippen molar-refractivity contribution in [2.75, 3.05) is 0 Å². The molecule has 0 unspecified atom stereocenters. The first-order valence-electron chi connectivity index (χ1n) is 7.40. The highest BCUT2D eigenvalue weighted by Gasteiger charge is 2.11. The minimum absolute atomic E-state index is 0.0455. The molecule has 0 amide bonds. The number of hydrogen-bond acceptors (Lipinski definition) is 2. The molecule has 0 fully saturated rings. The van der Waals surface area contributed by atoms with Gasteiger partial charge in [0, 0.05) is 21.8 Å². The van der Waals surface area contributed by atoms with Gasteiger partial charge in [-0.1, -0.05) is 41.9 Å². The Balaban J connectivity index is 1.69. The second-order valence-electron chi connectivity index (χ2n) is 5.26. The third kappa shape index (κ3) is 4.05. The third-order valence-corrected chi connectivity index (χ3v) is 4.92. The molecule has 0 aliphatic carbocycles. The zero-order chi connectivity index (χ0) is 16.9. The number of carbonyl (C=O) groups excluding carboxylic acids is 1. The fourth-order valence-electron chi connectivity index (χ4n) is 2.25. The topological polar surface area (TPSA) is 17.1 Å². The molecule has 0 atom stereocenters. The summed E-state index contributed by atoms with van der Waals surface area (Å²) in [4.78, 5) is 13.5. The Kier molecular flexibility index (Phi) is 5.34. The summed E-state index contributed by atoms with van der Waals surface area (Å²) in [6.45, 7) is 0. The van der Waals surface area contributed by atoms with Gasteiger partial charge in [-0.05, 0) is 48.0 Å². The number of benzene rings is 3. The third-order valence-electron chi connectivity index (χ3n) is 3.55. The van der Waals surface area contributed by atoms with E-state index in [1.807, 2.05) is 30.3 Å². The van der Waals surface area contributed by atoms with Crippen LogP contribution >= 0.6 is 23.4 Å². The van der Waals surface area contributed by atoms with Crippen LogP contribution in [0.1, 0.15) is 21.5 Å². The molecular weight excluding hydrogens is 343 g/mol. The molecule has 1 nitrogen and oxygen atoms in total. The molecule has 3 rings (SSSR count). The van der Waals surface area contributed by atoms with Crippen LogP contribution in [-0.2, 0) is 5.75 Å². The normalized spacial score (nSPS) is 10.6. The summed E-state index contributed by atoms with van der Waals surface area (Å²) in [6, 6.07) is 21.6. The molecule has 3 aromatic rings. The molecule has 0 heterocycles. The number of halogens is 2. The summed E-state index contributed by atoms with van der Waals surface area (Å²) in [7, 11) is 0. The van der Waals surface area contributed by atoms with Crippen molar-refractivity contribution in [1.82, 2.24) is 0 Å². The van der Waals surface area contributed by atoms with Crippen molar-refractivity contribution in [3.8, 4) is 0 Å². The predicted molar refractivity (Wildman–Crippen MR) is 97.3 cm³/mol. The second kappa shape index (κ2) is 7.65. The van der Waals surface area contributed by atoms with Crippen LogP contribution in [0.4, 0.5) is 4.39 Å². The summed E-state index contributed by atoms with van der Waals surface area (Å²) in [5, 5.41) is -0.0455. The van der Waals surface area contributed by atoms with Crippen LogP contribution < -0.4 is 0 Å². The smallest absolute Gasteiger partial charge is 0.193 e. The van der Waals surface area contributed by atoms with Gasteiger partial charge in [0.15, 0.2) is 5.78 Å². The predicted octanol–water partition coefficient (Wildman–Crippen LogP) is 6.00. The van der Waals surface area contributed by atoms with Crippen LogP contribution in [-0.4, -0.2) is 5.78 Å². The number of rotatable bonds is 5. The number of ketones is 1. The van der Waals surface area contributed by atoms with Crippen molar-refractivity contribution in [3.05, 3.63) is 100 Å². The van der Waals surface area contributed by atoms with Gasteiger partial charge in [-0.3, -0.25) is 4.79 Å². The van der Waals surface area contributed by atoms with Gasteiger partial charge in [0.1, 0.15) is 5.82 Å². The molecule has 0 saturated carbocycles. The molecule has 0 radical (unpaired) electrons. The molecule has 0 aliphatic heterocycles. The van der Waals surface area contributed by atoms with Gasteiger partial charge in [0.05, 0.1) is 5.02 Å². The summed E-state index contributed by atoms with van der Waals surface area (Å²) in [6.07, 6.45) is 0. The van der Waals surface area contributed by atoms with Crippen LogP contribution in [0.3, 0.4) is 0 Å². The van der Waals surface area contributed by atoms with Crippen molar-refractivity contribution < 1.29 is 9.18 Å². The summed E-state index contributed by atoms with van der Waals surface area (Å²) >= 11 is 7.45. The number of thioether (sulfide) groups is 1. The Bertz CT molecular complexity index is 847. The standard InChI is InChI=1S/C20H14ClFOS/c21-18-12-16(8-11-19(18)22)20(23)15-6-9-17(10-7-15)24-13-14-4-2-1-3-5-14/h1-12H,13H2. The highest BCUT2D eigenvalue weighted by Crippen LogP contribution is 2.24. The van der Waals surface area contributed by atoms with E-state index < -0.39 is 5.82 Å². The van der Waals surface area contributed by atoms with Gasteiger partial charge >= 0.3 is 0 Å². The zero-order valence-electron chi connectivity index (χ0n) is 12.7. The average molecular weight is 357 g/mol. The lowest BCUT2D eigenvalue weighted by molar-refractivity contribution is 0.103. The second-order valence-corrected chi connectivity index (χ2v) is 6.71. The molecular formula is C20H14ClFOS. The molecule has 3 aromatic carbocycles. The van der Waals surface area contributed by atoms with Crippen molar-refractivity contribution in [2.24, 2.45) is 0 Å². The summed E-state index contributed by atoms with van der Waals surface area (Å²) < 4.78 is 13.2. The zero-order valence-corrected chi connectivity index (χ0v) is 14.3. The maximum atomic E-state index is 13.2. The van der Waals surface area contributed by atoms with Crippen LogP contribution in [0, 0.1) is 5.82 Å². The van der Waals surface area contributed by atoms with Crippen LogP contribution in [0.15, 0.2) is 77.7 Å². The highest BCUT2D eigenvalue weighted by molar-refractivity contribution is 7.98. The number of carbonyl (C=O) groups is 1. The Morgan fingerprint density at radius 3 is 2.25 bits per heavy atom. The molecule has 0 aromatic heterocycles. The van der Waals surface area contributed by atoms with Gasteiger partial charge in [-0.2, -0.15) is 0 Å². The van der Waals surface area contributed by atoms with E-state index in [1.165, 1.54) is 23.8 Å². The van der Waals surface area contributed by atoms with Crippen molar-refractivity contribution in [2.45, 2.75) is 10.6 Å². The Morgan fingerprint density at radius 1 is 0.917 bits per heavy atom. The van der Waals surface area contributed by atoms with Gasteiger partial charge in [-0.25, -0.2) is 4.39 Å². The maximum Gasteiger partial charge on any atom is 0.193 e. The molecule has 0 saturated heterocycles. The molecule has 120 valence electrons. The largest absolute Gasteiger partial charge is 0.289 e. The van der Waals surface area contributed by atoms with Gasteiger partial charge < -0.3 is 0 Å². The van der Waals surface area contributed by atoms with E-state index in [0.29, 0.717) is 11.1 Å². The quantitative estimate of drug-likeness (QED) is 0.412. The lowest BCUT2D eigenvalue weighted by Crippen LogP contribution is -2.01. The Hall–Kier alpha value is -2.10. The van der Waals surface area contributed by atoms with Crippen LogP contribution in [0.5, 0.6) is 0 Å². The van der Waals surface area contributed by atoms with Gasteiger partial charge in [0.25, 0.3) is 0 Å². The fourth-order valence-corrected chi connectivity index (χ4v) is 3.28. The monoisotopic (exact) mass is 356 g/mol. The number of hydrogen-bond donors (Lipinski definition) is 0. The molecule has 0 aliphatic rings.